The SMILES string of the molecule is c1ccc(-c2ccc(-c3nc(-c4ccccc4)nc(-n4c5ccccc5c5ccc6c(c54)CCC(Cc4ccccc4-c4ccccc4)c4ccc(-n5c7ccccc7c7ccccc75)cc4-6)n3)cc2)cc1. The van der Waals surface area contributed by atoms with Crippen LogP contribution in [0.2, 0.25) is 0 Å². The molecule has 0 amide bonds. The highest BCUT2D eigenvalue weighted by molar-refractivity contribution is 6.12. The molecule has 340 valence electrons. The van der Waals surface area contributed by atoms with Gasteiger partial charge in [0, 0.05) is 38.4 Å². The predicted molar refractivity (Wildman–Crippen MR) is 297 cm³/mol. The van der Waals surface area contributed by atoms with Crippen LogP contribution >= 0.6 is 0 Å². The first kappa shape index (κ1) is 41.8. The lowest BCUT2D eigenvalue weighted by molar-refractivity contribution is 0.630. The zero-order chi connectivity index (χ0) is 47.5. The maximum Gasteiger partial charge on any atom is 0.238 e. The maximum atomic E-state index is 5.44. The molecule has 5 nitrogen and oxygen atoms in total. The third-order valence-corrected chi connectivity index (χ3v) is 15.0. The standard InChI is InChI=1S/C67H47N5/c1-4-18-44(19-5-1)45-32-34-48(35-33-45)66-68-65(47-22-8-3-9-23-47)69-67(70-66)72-63-31-17-14-28-57(63)59-41-40-54-58(64(59)72)38-36-50(42-49-24-10-11-25-52(49)46-20-6-2-7-21-46)53-39-37-51(43-60(53)54)71-61-29-15-12-26-55(61)56-27-13-16-30-62(56)71/h1-35,37,39-41,43,50H,36,38,42H2. The van der Waals surface area contributed by atoms with Gasteiger partial charge >= 0.3 is 0 Å². The van der Waals surface area contributed by atoms with Gasteiger partial charge in [0.05, 0.1) is 22.1 Å². The summed E-state index contributed by atoms with van der Waals surface area (Å²) in [5.74, 6) is 2.10. The molecule has 1 unspecified atom stereocenters. The molecule has 0 saturated carbocycles. The topological polar surface area (TPSA) is 48.5 Å². The first-order chi connectivity index (χ1) is 35.7. The molecule has 0 spiro atoms. The molecule has 0 fully saturated rings. The summed E-state index contributed by atoms with van der Waals surface area (Å²) in [6.07, 6.45) is 2.74. The van der Waals surface area contributed by atoms with Crippen LogP contribution in [0.1, 0.15) is 29.0 Å². The number of hydrogen-bond donors (Lipinski definition) is 0. The largest absolute Gasteiger partial charge is 0.309 e. The van der Waals surface area contributed by atoms with E-state index >= 15 is 0 Å². The van der Waals surface area contributed by atoms with E-state index in [9.17, 15) is 0 Å². The summed E-state index contributed by atoms with van der Waals surface area (Å²) in [6, 6.07) is 87.6. The van der Waals surface area contributed by atoms with Crippen molar-refractivity contribution in [3.63, 3.8) is 0 Å². The van der Waals surface area contributed by atoms with Crippen molar-refractivity contribution in [1.82, 2.24) is 24.1 Å². The molecule has 13 aromatic rings. The van der Waals surface area contributed by atoms with Crippen LogP contribution in [0.4, 0.5) is 0 Å². The number of nitrogens with zero attached hydrogens (tertiary/aromatic N) is 5. The van der Waals surface area contributed by atoms with Gasteiger partial charge in [-0.05, 0) is 106 Å². The lowest BCUT2D eigenvalue weighted by Crippen LogP contribution is -2.08. The number of benzene rings is 10. The lowest BCUT2D eigenvalue weighted by atomic mass is 9.84. The zero-order valence-corrected chi connectivity index (χ0v) is 39.5. The smallest absolute Gasteiger partial charge is 0.238 e. The van der Waals surface area contributed by atoms with E-state index in [1.807, 2.05) is 18.2 Å². The summed E-state index contributed by atoms with van der Waals surface area (Å²) in [6.45, 7) is 0. The van der Waals surface area contributed by atoms with Crippen LogP contribution < -0.4 is 0 Å². The van der Waals surface area contributed by atoms with Crippen LogP contribution in [0.15, 0.2) is 243 Å². The average Bonchev–Trinajstić information content (AvgIpc) is 3.93. The number of hydrogen-bond acceptors (Lipinski definition) is 3. The Morgan fingerprint density at radius 2 is 0.889 bits per heavy atom. The van der Waals surface area contributed by atoms with E-state index < -0.39 is 0 Å². The van der Waals surface area contributed by atoms with Crippen molar-refractivity contribution < 1.29 is 0 Å². The third kappa shape index (κ3) is 7.04. The van der Waals surface area contributed by atoms with Crippen LogP contribution in [-0.2, 0) is 12.8 Å². The molecule has 72 heavy (non-hydrogen) atoms. The number of rotatable bonds is 8. The predicted octanol–water partition coefficient (Wildman–Crippen LogP) is 16.7. The van der Waals surface area contributed by atoms with Crippen molar-refractivity contribution in [2.24, 2.45) is 0 Å². The van der Waals surface area contributed by atoms with Crippen molar-refractivity contribution in [3.8, 4) is 67.8 Å². The minimum atomic E-state index is 0.240. The molecular formula is C67H47N5. The van der Waals surface area contributed by atoms with Crippen LogP contribution in [0.25, 0.3) is 111 Å². The molecule has 0 N–H and O–H groups in total. The highest BCUT2D eigenvalue weighted by atomic mass is 15.2. The van der Waals surface area contributed by atoms with Gasteiger partial charge in [0.25, 0.3) is 0 Å². The third-order valence-electron chi connectivity index (χ3n) is 15.0. The summed E-state index contributed by atoms with van der Waals surface area (Å²) in [5.41, 5.74) is 19.0. The van der Waals surface area contributed by atoms with Crippen molar-refractivity contribution in [2.75, 3.05) is 0 Å². The van der Waals surface area contributed by atoms with E-state index in [4.69, 9.17) is 15.0 Å². The summed E-state index contributed by atoms with van der Waals surface area (Å²) >= 11 is 0. The van der Waals surface area contributed by atoms with Crippen molar-refractivity contribution >= 4 is 43.6 Å². The van der Waals surface area contributed by atoms with E-state index in [1.54, 1.807) is 0 Å². The van der Waals surface area contributed by atoms with Crippen molar-refractivity contribution in [3.05, 3.63) is 259 Å². The summed E-state index contributed by atoms with van der Waals surface area (Å²) in [4.78, 5) is 16.0. The molecular weight excluding hydrogens is 875 g/mol. The fourth-order valence-corrected chi connectivity index (χ4v) is 11.6. The van der Waals surface area contributed by atoms with Crippen LogP contribution in [0, 0.1) is 0 Å². The van der Waals surface area contributed by atoms with Gasteiger partial charge in [0.2, 0.25) is 5.95 Å². The van der Waals surface area contributed by atoms with Crippen molar-refractivity contribution in [1.29, 1.82) is 0 Å². The van der Waals surface area contributed by atoms with Gasteiger partial charge in [-0.25, -0.2) is 4.98 Å². The normalized spacial score (nSPS) is 13.4. The monoisotopic (exact) mass is 921 g/mol. The summed E-state index contributed by atoms with van der Waals surface area (Å²) in [7, 11) is 0. The average molecular weight is 922 g/mol. The highest BCUT2D eigenvalue weighted by Gasteiger charge is 2.29. The van der Waals surface area contributed by atoms with E-state index in [0.29, 0.717) is 17.6 Å². The molecule has 0 bridgehead atoms. The van der Waals surface area contributed by atoms with Crippen LogP contribution in [0.3, 0.4) is 0 Å². The Morgan fingerprint density at radius 1 is 0.375 bits per heavy atom. The number of para-hydroxylation sites is 3. The van der Waals surface area contributed by atoms with Crippen LogP contribution in [0.5, 0.6) is 0 Å². The summed E-state index contributed by atoms with van der Waals surface area (Å²) < 4.78 is 4.79. The zero-order valence-electron chi connectivity index (χ0n) is 39.5. The Hall–Kier alpha value is -9.19. The van der Waals surface area contributed by atoms with Gasteiger partial charge in [0.15, 0.2) is 11.6 Å². The molecule has 3 heterocycles. The first-order valence-corrected chi connectivity index (χ1v) is 25.0. The Morgan fingerprint density at radius 3 is 1.56 bits per heavy atom. The molecule has 0 aliphatic heterocycles. The van der Waals surface area contributed by atoms with Gasteiger partial charge in [0.1, 0.15) is 0 Å². The molecule has 5 heteroatoms. The fraction of sp³-hybridized carbons (Fsp3) is 0.0597. The Kier molecular flexibility index (Phi) is 10.1. The molecule has 1 atom stereocenters. The maximum absolute atomic E-state index is 5.44. The van der Waals surface area contributed by atoms with E-state index in [2.05, 4.69) is 234 Å². The van der Waals surface area contributed by atoms with Gasteiger partial charge in [-0.1, -0.05) is 212 Å². The Labute approximate surface area is 418 Å². The lowest BCUT2D eigenvalue weighted by Gasteiger charge is -2.21. The second-order valence-corrected chi connectivity index (χ2v) is 19.0. The number of aromatic nitrogens is 5. The molecule has 0 saturated heterocycles. The number of aryl methyl sites for hydroxylation is 1. The highest BCUT2D eigenvalue weighted by Crippen LogP contribution is 2.47. The second-order valence-electron chi connectivity index (χ2n) is 19.0. The Bertz CT molecular complexity index is 4120. The van der Waals surface area contributed by atoms with Gasteiger partial charge in [-0.15, -0.1) is 0 Å². The molecule has 10 aromatic carbocycles. The molecule has 1 aliphatic rings. The van der Waals surface area contributed by atoms with Crippen LogP contribution in [-0.4, -0.2) is 24.1 Å². The van der Waals surface area contributed by atoms with Gasteiger partial charge in [-0.3, -0.25) is 4.57 Å². The quantitative estimate of drug-likeness (QED) is 0.153. The van der Waals surface area contributed by atoms with Gasteiger partial charge < -0.3 is 4.57 Å². The van der Waals surface area contributed by atoms with Crippen molar-refractivity contribution in [2.45, 2.75) is 25.2 Å². The Balaban J connectivity index is 1.00. The molecule has 14 rings (SSSR count). The number of fused-ring (bicyclic) bond motifs is 10. The summed E-state index contributed by atoms with van der Waals surface area (Å²) in [5, 5.41) is 4.86. The first-order valence-electron chi connectivity index (χ1n) is 25.0. The minimum absolute atomic E-state index is 0.240. The molecule has 1 aliphatic carbocycles. The van der Waals surface area contributed by atoms with Gasteiger partial charge in [-0.2, -0.15) is 9.97 Å². The molecule has 0 radical (unpaired) electrons. The molecule has 3 aromatic heterocycles. The fourth-order valence-electron chi connectivity index (χ4n) is 11.6. The second kappa shape index (κ2) is 17.3. The van der Waals surface area contributed by atoms with E-state index in [1.165, 1.54) is 77.1 Å². The van der Waals surface area contributed by atoms with E-state index in [-0.39, 0.29) is 5.92 Å². The van der Waals surface area contributed by atoms with E-state index in [0.717, 1.165) is 52.7 Å². The minimum Gasteiger partial charge on any atom is -0.309 e.